The minimum Gasteiger partial charge on any atom is -0.389 e. The van der Waals surface area contributed by atoms with Crippen LogP contribution in [0.25, 0.3) is 0 Å². The van der Waals surface area contributed by atoms with Crippen LogP contribution in [0.3, 0.4) is 0 Å². The van der Waals surface area contributed by atoms with Crippen LogP contribution in [0.15, 0.2) is 29.3 Å². The fraction of sp³-hybridized carbons (Fsp3) is 0.682. The lowest BCUT2D eigenvalue weighted by Gasteiger charge is -2.33. The number of rotatable bonds is 10. The Labute approximate surface area is 203 Å². The molecule has 1 aromatic rings. The summed E-state index contributed by atoms with van der Waals surface area (Å²) in [4.78, 5) is 7.01. The van der Waals surface area contributed by atoms with Crippen molar-refractivity contribution in [2.45, 2.75) is 52.3 Å². The van der Waals surface area contributed by atoms with Gasteiger partial charge in [0.25, 0.3) is 0 Å². The molecule has 0 bridgehead atoms. The number of hydrogen-bond donors (Lipinski definition) is 3. The van der Waals surface area contributed by atoms with E-state index in [1.54, 1.807) is 0 Å². The monoisotopic (exact) mass is 552 g/mol. The Morgan fingerprint density at radius 3 is 2.50 bits per heavy atom. The molecule has 1 saturated heterocycles. The first kappa shape index (κ1) is 27.4. The Hall–Kier alpha value is -0.610. The molecule has 0 saturated carbocycles. The number of likely N-dealkylation sites (tertiary alicyclic amines) is 1. The van der Waals surface area contributed by atoms with Gasteiger partial charge in [-0.25, -0.2) is 0 Å². The van der Waals surface area contributed by atoms with Crippen LogP contribution in [-0.4, -0.2) is 67.5 Å². The number of guanidine groups is 1. The van der Waals surface area contributed by atoms with Gasteiger partial charge in [0.2, 0.25) is 0 Å². The second kappa shape index (κ2) is 15.2. The lowest BCUT2D eigenvalue weighted by molar-refractivity contribution is 0.0301. The Kier molecular flexibility index (Phi) is 13.9. The van der Waals surface area contributed by atoms with Crippen LogP contribution in [0.5, 0.6) is 0 Å². The zero-order chi connectivity index (χ0) is 21.1. The van der Waals surface area contributed by atoms with Crippen molar-refractivity contribution in [2.75, 3.05) is 39.4 Å². The fourth-order valence-electron chi connectivity index (χ4n) is 3.29. The van der Waals surface area contributed by atoms with E-state index in [0.29, 0.717) is 31.7 Å². The van der Waals surface area contributed by atoms with Crippen LogP contribution in [-0.2, 0) is 11.3 Å². The molecule has 1 aliphatic rings. The van der Waals surface area contributed by atoms with Crippen molar-refractivity contribution in [3.8, 4) is 0 Å². The number of aliphatic imine (C=N–C) groups is 1. The molecule has 1 atom stereocenters. The van der Waals surface area contributed by atoms with Crippen LogP contribution < -0.4 is 10.6 Å². The van der Waals surface area contributed by atoms with Gasteiger partial charge < -0.3 is 20.5 Å². The van der Waals surface area contributed by atoms with Crippen molar-refractivity contribution < 1.29 is 9.84 Å². The van der Waals surface area contributed by atoms with Gasteiger partial charge in [0.15, 0.2) is 5.96 Å². The van der Waals surface area contributed by atoms with Crippen LogP contribution in [0, 0.1) is 5.92 Å². The molecule has 0 aromatic heterocycles. The molecule has 30 heavy (non-hydrogen) atoms. The van der Waals surface area contributed by atoms with Gasteiger partial charge in [-0.2, -0.15) is 0 Å². The summed E-state index contributed by atoms with van der Waals surface area (Å²) in [5.74, 6) is 1.24. The van der Waals surface area contributed by atoms with E-state index in [9.17, 15) is 5.11 Å². The summed E-state index contributed by atoms with van der Waals surface area (Å²) in [6.45, 7) is 11.4. The molecule has 0 radical (unpaired) electrons. The van der Waals surface area contributed by atoms with Crippen molar-refractivity contribution in [2.24, 2.45) is 10.9 Å². The highest BCUT2D eigenvalue weighted by atomic mass is 127. The topological polar surface area (TPSA) is 69.1 Å². The summed E-state index contributed by atoms with van der Waals surface area (Å²) >= 11 is 5.97. The maximum absolute atomic E-state index is 10.1. The van der Waals surface area contributed by atoms with Crippen LogP contribution in [0.2, 0.25) is 5.02 Å². The lowest BCUT2D eigenvalue weighted by atomic mass is 10.0. The zero-order valence-corrected chi connectivity index (χ0v) is 21.5. The number of piperidine rings is 1. The molecule has 172 valence electrons. The Morgan fingerprint density at radius 1 is 1.23 bits per heavy atom. The normalized spacial score (nSPS) is 16.9. The van der Waals surface area contributed by atoms with Gasteiger partial charge in [0, 0.05) is 43.9 Å². The van der Waals surface area contributed by atoms with Gasteiger partial charge in [-0.1, -0.05) is 37.6 Å². The first-order chi connectivity index (χ1) is 14.0. The smallest absolute Gasteiger partial charge is 0.191 e. The second-order valence-corrected chi connectivity index (χ2v) is 8.56. The first-order valence-electron chi connectivity index (χ1n) is 10.7. The minimum absolute atomic E-state index is 0. The number of nitrogens with zero attached hydrogens (tertiary/aromatic N) is 2. The molecular formula is C22H38ClIN4O2. The maximum atomic E-state index is 10.1. The van der Waals surface area contributed by atoms with E-state index < -0.39 is 6.10 Å². The Bertz CT molecular complexity index is 608. The summed E-state index contributed by atoms with van der Waals surface area (Å²) in [6.07, 6.45) is 1.56. The molecule has 8 heteroatoms. The molecule has 1 aromatic carbocycles. The largest absolute Gasteiger partial charge is 0.389 e. The second-order valence-electron chi connectivity index (χ2n) is 8.13. The highest BCUT2D eigenvalue weighted by Gasteiger charge is 2.20. The third-order valence-electron chi connectivity index (χ3n) is 4.81. The molecule has 1 heterocycles. The molecule has 0 amide bonds. The summed E-state index contributed by atoms with van der Waals surface area (Å²) in [7, 11) is 0. The van der Waals surface area contributed by atoms with Crippen molar-refractivity contribution in [1.82, 2.24) is 15.5 Å². The van der Waals surface area contributed by atoms with Gasteiger partial charge in [-0.05, 0) is 43.4 Å². The van der Waals surface area contributed by atoms with Gasteiger partial charge in [0.05, 0.1) is 19.3 Å². The van der Waals surface area contributed by atoms with E-state index in [2.05, 4.69) is 46.5 Å². The van der Waals surface area contributed by atoms with Crippen molar-refractivity contribution in [3.05, 3.63) is 34.9 Å². The maximum Gasteiger partial charge on any atom is 0.191 e. The Balaban J connectivity index is 0.00000450. The number of aliphatic hydroxyl groups excluding tert-OH is 1. The van der Waals surface area contributed by atoms with E-state index in [0.717, 1.165) is 50.0 Å². The van der Waals surface area contributed by atoms with Gasteiger partial charge in [-0.3, -0.25) is 9.89 Å². The van der Waals surface area contributed by atoms with E-state index >= 15 is 0 Å². The standard InChI is InChI=1S/C22H37ClN4O2.HI/c1-4-24-22(25-13-21(28)16-29-15-17(2)3)26-20-9-11-27(12-10-20)14-18-5-7-19(23)8-6-18;/h5-8,17,20-21,28H,4,9-16H2,1-3H3,(H2,24,25,26);1H. The molecular weight excluding hydrogens is 515 g/mol. The van der Waals surface area contributed by atoms with Crippen LogP contribution in [0.1, 0.15) is 39.2 Å². The molecule has 6 nitrogen and oxygen atoms in total. The third kappa shape index (κ3) is 11.1. The number of benzene rings is 1. The van der Waals surface area contributed by atoms with E-state index in [4.69, 9.17) is 16.3 Å². The minimum atomic E-state index is -0.578. The average Bonchev–Trinajstić information content (AvgIpc) is 2.69. The van der Waals surface area contributed by atoms with E-state index in [-0.39, 0.29) is 24.0 Å². The SMILES string of the molecule is CCNC(=NCC(O)COCC(C)C)NC1CCN(Cc2ccc(Cl)cc2)CC1.I. The molecule has 0 spiro atoms. The van der Waals surface area contributed by atoms with Crippen LogP contribution in [0.4, 0.5) is 0 Å². The molecule has 1 fully saturated rings. The quantitative estimate of drug-likeness (QED) is 0.236. The summed E-state index contributed by atoms with van der Waals surface area (Å²) < 4.78 is 5.49. The predicted molar refractivity (Wildman–Crippen MR) is 136 cm³/mol. The molecule has 1 aliphatic heterocycles. The molecule has 2 rings (SSSR count). The van der Waals surface area contributed by atoms with E-state index in [1.165, 1.54) is 5.56 Å². The Morgan fingerprint density at radius 2 is 1.90 bits per heavy atom. The van der Waals surface area contributed by atoms with Crippen molar-refractivity contribution in [3.63, 3.8) is 0 Å². The lowest BCUT2D eigenvalue weighted by Crippen LogP contribution is -2.48. The molecule has 0 aliphatic carbocycles. The highest BCUT2D eigenvalue weighted by molar-refractivity contribution is 14.0. The van der Waals surface area contributed by atoms with Gasteiger partial charge in [0.1, 0.15) is 0 Å². The number of ether oxygens (including phenoxy) is 1. The number of nitrogens with one attached hydrogen (secondary N) is 2. The fourth-order valence-corrected chi connectivity index (χ4v) is 3.41. The summed E-state index contributed by atoms with van der Waals surface area (Å²) in [6, 6.07) is 8.49. The number of hydrogen-bond acceptors (Lipinski definition) is 4. The third-order valence-corrected chi connectivity index (χ3v) is 5.07. The van der Waals surface area contributed by atoms with Crippen LogP contribution >= 0.6 is 35.6 Å². The number of aliphatic hydroxyl groups is 1. The summed E-state index contributed by atoms with van der Waals surface area (Å²) in [5.41, 5.74) is 1.30. The molecule has 1 unspecified atom stereocenters. The van der Waals surface area contributed by atoms with Crippen molar-refractivity contribution >= 4 is 41.5 Å². The average molecular weight is 553 g/mol. The van der Waals surface area contributed by atoms with Gasteiger partial charge >= 0.3 is 0 Å². The van der Waals surface area contributed by atoms with Gasteiger partial charge in [-0.15, -0.1) is 24.0 Å². The molecule has 3 N–H and O–H groups in total. The predicted octanol–water partition coefficient (Wildman–Crippen LogP) is 3.51. The first-order valence-corrected chi connectivity index (χ1v) is 11.1. The van der Waals surface area contributed by atoms with E-state index in [1.807, 2.05) is 19.1 Å². The summed E-state index contributed by atoms with van der Waals surface area (Å²) in [5, 5.41) is 17.7. The van der Waals surface area contributed by atoms with Crippen molar-refractivity contribution in [1.29, 1.82) is 0 Å². The number of halogens is 2. The highest BCUT2D eigenvalue weighted by Crippen LogP contribution is 2.16. The zero-order valence-electron chi connectivity index (χ0n) is 18.4.